The van der Waals surface area contributed by atoms with Crippen LogP contribution in [0, 0.1) is 17.0 Å². The van der Waals surface area contributed by atoms with Gasteiger partial charge in [0.15, 0.2) is 0 Å². The van der Waals surface area contributed by atoms with Crippen molar-refractivity contribution in [1.29, 1.82) is 0 Å². The summed E-state index contributed by atoms with van der Waals surface area (Å²) in [6.45, 7) is 1.82. The number of aromatic nitrogens is 2. The average Bonchev–Trinajstić information content (AvgIpc) is 2.79. The van der Waals surface area contributed by atoms with E-state index in [4.69, 9.17) is 11.6 Å². The van der Waals surface area contributed by atoms with Crippen molar-refractivity contribution < 1.29 is 9.72 Å². The zero-order chi connectivity index (χ0) is 23.4. The molecular formula is C24H18ClN5O3. The number of aryl methyl sites for hydroxylation is 1. The van der Waals surface area contributed by atoms with Crippen LogP contribution in [-0.4, -0.2) is 20.8 Å². The molecule has 0 aliphatic rings. The van der Waals surface area contributed by atoms with Crippen molar-refractivity contribution in [2.75, 3.05) is 10.6 Å². The third-order valence-electron chi connectivity index (χ3n) is 4.71. The fourth-order valence-corrected chi connectivity index (χ4v) is 3.39. The maximum Gasteiger partial charge on any atom is 0.288 e. The normalized spacial score (nSPS) is 10.5. The molecular weight excluding hydrogens is 442 g/mol. The third kappa shape index (κ3) is 5.31. The lowest BCUT2D eigenvalue weighted by molar-refractivity contribution is -0.384. The van der Waals surface area contributed by atoms with Crippen LogP contribution >= 0.6 is 11.6 Å². The number of rotatable bonds is 6. The number of amides is 1. The molecule has 0 fully saturated rings. The number of nitro groups is 1. The lowest BCUT2D eigenvalue weighted by Gasteiger charge is -2.11. The van der Waals surface area contributed by atoms with Crippen LogP contribution in [-0.2, 0) is 0 Å². The second-order valence-electron chi connectivity index (χ2n) is 7.13. The van der Waals surface area contributed by atoms with E-state index in [0.29, 0.717) is 23.0 Å². The molecule has 3 aromatic carbocycles. The molecule has 0 bridgehead atoms. The molecule has 0 saturated heterocycles. The number of carbonyl (C=O) groups excluding carboxylic acids is 1. The fourth-order valence-electron chi connectivity index (χ4n) is 3.21. The van der Waals surface area contributed by atoms with E-state index in [0.717, 1.165) is 17.3 Å². The van der Waals surface area contributed by atoms with Crippen molar-refractivity contribution in [2.24, 2.45) is 0 Å². The van der Waals surface area contributed by atoms with Gasteiger partial charge >= 0.3 is 0 Å². The Balaban J connectivity index is 1.53. The quantitative estimate of drug-likeness (QED) is 0.270. The molecule has 0 radical (unpaired) electrons. The molecule has 4 aromatic rings. The fraction of sp³-hybridized carbons (Fsp3) is 0.0417. The van der Waals surface area contributed by atoms with E-state index < -0.39 is 10.8 Å². The minimum atomic E-state index is -0.628. The molecule has 0 aliphatic carbocycles. The molecule has 8 nitrogen and oxygen atoms in total. The number of carbonyl (C=O) groups is 1. The van der Waals surface area contributed by atoms with E-state index in [1.165, 1.54) is 12.1 Å². The van der Waals surface area contributed by atoms with Gasteiger partial charge in [-0.25, -0.2) is 9.97 Å². The molecule has 0 saturated carbocycles. The molecule has 9 heteroatoms. The second-order valence-corrected chi connectivity index (χ2v) is 7.54. The number of halogens is 1. The Morgan fingerprint density at radius 1 is 0.939 bits per heavy atom. The standard InChI is InChI=1S/C24H18ClN5O3/c1-15-26-21(16-6-3-2-4-7-16)14-23(27-15)28-18-8-5-9-19(13-18)29-24(31)17-10-11-20(25)22(12-17)30(32)33/h2-14H,1H3,(H,29,31)(H,26,27,28). The highest BCUT2D eigenvalue weighted by atomic mass is 35.5. The van der Waals surface area contributed by atoms with E-state index >= 15 is 0 Å². The summed E-state index contributed by atoms with van der Waals surface area (Å²) in [5, 5.41) is 17.0. The van der Waals surface area contributed by atoms with Gasteiger partial charge in [0.1, 0.15) is 16.7 Å². The molecule has 164 valence electrons. The number of nitro benzene ring substituents is 1. The SMILES string of the molecule is Cc1nc(Nc2cccc(NC(=O)c3ccc(Cl)c([N+](=O)[O-])c3)c2)cc(-c2ccccc2)n1. The molecule has 1 amide bonds. The van der Waals surface area contributed by atoms with Gasteiger partial charge in [-0.15, -0.1) is 0 Å². The largest absolute Gasteiger partial charge is 0.340 e. The van der Waals surface area contributed by atoms with Crippen LogP contribution in [0.25, 0.3) is 11.3 Å². The minimum absolute atomic E-state index is 0.0298. The number of nitrogens with one attached hydrogen (secondary N) is 2. The molecule has 2 N–H and O–H groups in total. The lowest BCUT2D eigenvalue weighted by atomic mass is 10.1. The smallest absolute Gasteiger partial charge is 0.288 e. The Hall–Kier alpha value is -4.30. The van der Waals surface area contributed by atoms with Crippen molar-refractivity contribution in [3.63, 3.8) is 0 Å². The van der Waals surface area contributed by atoms with Crippen molar-refractivity contribution in [3.05, 3.63) is 105 Å². The molecule has 33 heavy (non-hydrogen) atoms. The van der Waals surface area contributed by atoms with E-state index in [1.807, 2.05) is 49.4 Å². The van der Waals surface area contributed by atoms with E-state index in [-0.39, 0.29) is 16.3 Å². The third-order valence-corrected chi connectivity index (χ3v) is 5.02. The van der Waals surface area contributed by atoms with Crippen LogP contribution in [0.2, 0.25) is 5.02 Å². The highest BCUT2D eigenvalue weighted by Gasteiger charge is 2.16. The first kappa shape index (κ1) is 21.9. The molecule has 1 aromatic heterocycles. The first-order chi connectivity index (χ1) is 15.9. The van der Waals surface area contributed by atoms with E-state index in [1.54, 1.807) is 18.2 Å². The molecule has 0 unspecified atom stereocenters. The van der Waals surface area contributed by atoms with Gasteiger partial charge in [0.05, 0.1) is 10.6 Å². The maximum absolute atomic E-state index is 12.6. The summed E-state index contributed by atoms with van der Waals surface area (Å²) in [7, 11) is 0. The number of benzene rings is 3. The van der Waals surface area contributed by atoms with Crippen LogP contribution in [0.1, 0.15) is 16.2 Å². The highest BCUT2D eigenvalue weighted by Crippen LogP contribution is 2.26. The monoisotopic (exact) mass is 459 g/mol. The first-order valence-corrected chi connectivity index (χ1v) is 10.3. The summed E-state index contributed by atoms with van der Waals surface area (Å²) in [4.78, 5) is 32.0. The van der Waals surface area contributed by atoms with Gasteiger partial charge in [0, 0.05) is 34.6 Å². The van der Waals surface area contributed by atoms with E-state index in [2.05, 4.69) is 20.6 Å². The first-order valence-electron chi connectivity index (χ1n) is 9.92. The van der Waals surface area contributed by atoms with Crippen LogP contribution in [0.3, 0.4) is 0 Å². The molecule has 1 heterocycles. The number of hydrogen-bond acceptors (Lipinski definition) is 6. The van der Waals surface area contributed by atoms with Crippen molar-refractivity contribution in [2.45, 2.75) is 6.92 Å². The summed E-state index contributed by atoms with van der Waals surface area (Å²) < 4.78 is 0. The summed E-state index contributed by atoms with van der Waals surface area (Å²) in [5.74, 6) is 0.738. The van der Waals surface area contributed by atoms with Gasteiger partial charge in [-0.1, -0.05) is 48.0 Å². The Morgan fingerprint density at radius 3 is 2.45 bits per heavy atom. The van der Waals surface area contributed by atoms with Gasteiger partial charge in [0.2, 0.25) is 0 Å². The van der Waals surface area contributed by atoms with Crippen molar-refractivity contribution in [3.8, 4) is 11.3 Å². The summed E-state index contributed by atoms with van der Waals surface area (Å²) >= 11 is 5.82. The van der Waals surface area contributed by atoms with Gasteiger partial charge in [-0.2, -0.15) is 0 Å². The van der Waals surface area contributed by atoms with Crippen molar-refractivity contribution >= 4 is 40.4 Å². The zero-order valence-corrected chi connectivity index (χ0v) is 18.2. The minimum Gasteiger partial charge on any atom is -0.340 e. The Labute approximate surface area is 194 Å². The zero-order valence-electron chi connectivity index (χ0n) is 17.4. The van der Waals surface area contributed by atoms with Gasteiger partial charge in [-0.05, 0) is 37.3 Å². The predicted molar refractivity (Wildman–Crippen MR) is 128 cm³/mol. The number of nitrogens with zero attached hydrogens (tertiary/aromatic N) is 3. The molecule has 0 aliphatic heterocycles. The van der Waals surface area contributed by atoms with Crippen LogP contribution in [0.5, 0.6) is 0 Å². The summed E-state index contributed by atoms with van der Waals surface area (Å²) in [6, 6.07) is 22.6. The lowest BCUT2D eigenvalue weighted by Crippen LogP contribution is -2.12. The van der Waals surface area contributed by atoms with Crippen LogP contribution in [0.4, 0.5) is 22.9 Å². The predicted octanol–water partition coefficient (Wildman–Crippen LogP) is 6.01. The summed E-state index contributed by atoms with van der Waals surface area (Å²) in [6.07, 6.45) is 0. The average molecular weight is 460 g/mol. The van der Waals surface area contributed by atoms with Crippen LogP contribution in [0.15, 0.2) is 78.9 Å². The molecule has 0 atom stereocenters. The number of hydrogen-bond donors (Lipinski definition) is 2. The Bertz CT molecular complexity index is 1350. The van der Waals surface area contributed by atoms with Gasteiger partial charge in [-0.3, -0.25) is 14.9 Å². The highest BCUT2D eigenvalue weighted by molar-refractivity contribution is 6.32. The topological polar surface area (TPSA) is 110 Å². The Kier molecular flexibility index (Phi) is 6.28. The number of anilines is 3. The van der Waals surface area contributed by atoms with E-state index in [9.17, 15) is 14.9 Å². The second kappa shape index (κ2) is 9.46. The van der Waals surface area contributed by atoms with Gasteiger partial charge in [0.25, 0.3) is 11.6 Å². The summed E-state index contributed by atoms with van der Waals surface area (Å²) in [5.41, 5.74) is 2.78. The van der Waals surface area contributed by atoms with Gasteiger partial charge < -0.3 is 10.6 Å². The van der Waals surface area contributed by atoms with Crippen LogP contribution < -0.4 is 10.6 Å². The maximum atomic E-state index is 12.6. The van der Waals surface area contributed by atoms with Crippen molar-refractivity contribution in [1.82, 2.24) is 9.97 Å². The molecule has 0 spiro atoms. The Morgan fingerprint density at radius 2 is 1.70 bits per heavy atom. The molecule has 4 rings (SSSR count).